The number of aromatic nitrogens is 3. The van der Waals surface area contributed by atoms with Crippen molar-refractivity contribution >= 4 is 0 Å². The summed E-state index contributed by atoms with van der Waals surface area (Å²) >= 11 is 0. The third kappa shape index (κ3) is 2.14. The van der Waals surface area contributed by atoms with E-state index in [4.69, 9.17) is 9.78 Å². The minimum absolute atomic E-state index is 0.420. The van der Waals surface area contributed by atoms with Crippen LogP contribution < -0.4 is 0 Å². The predicted molar refractivity (Wildman–Crippen MR) is 69.2 cm³/mol. The molecule has 0 saturated heterocycles. The maximum absolute atomic E-state index is 8.90. The maximum atomic E-state index is 8.90. The van der Waals surface area contributed by atoms with Crippen LogP contribution in [0.3, 0.4) is 0 Å². The highest BCUT2D eigenvalue weighted by Gasteiger charge is 2.27. The summed E-state index contributed by atoms with van der Waals surface area (Å²) < 4.78 is 7.19. The summed E-state index contributed by atoms with van der Waals surface area (Å²) in [5, 5.41) is 13.0. The summed E-state index contributed by atoms with van der Waals surface area (Å²) in [4.78, 5) is 4.50. The Balaban J connectivity index is 1.88. The first-order chi connectivity index (χ1) is 9.17. The molecule has 2 heterocycles. The Morgan fingerprint density at radius 1 is 1.47 bits per heavy atom. The molecule has 19 heavy (non-hydrogen) atoms. The lowest BCUT2D eigenvalue weighted by Crippen LogP contribution is -1.96. The first-order valence-corrected chi connectivity index (χ1v) is 6.58. The van der Waals surface area contributed by atoms with Crippen molar-refractivity contribution in [1.29, 1.82) is 5.26 Å². The molecule has 2 atom stereocenters. The second-order valence-corrected chi connectivity index (χ2v) is 5.41. The van der Waals surface area contributed by atoms with Gasteiger partial charge in [0, 0.05) is 19.2 Å². The highest BCUT2D eigenvalue weighted by molar-refractivity contribution is 5.52. The van der Waals surface area contributed by atoms with Gasteiger partial charge >= 0.3 is 0 Å². The van der Waals surface area contributed by atoms with Gasteiger partial charge in [-0.15, -0.1) is 0 Å². The van der Waals surface area contributed by atoms with Gasteiger partial charge in [0.2, 0.25) is 0 Å². The topological polar surface area (TPSA) is 67.6 Å². The SMILES string of the molecule is CC1CCC(c2noc(-c3cc(C#N)cn3C)n2)C1. The van der Waals surface area contributed by atoms with E-state index in [0.29, 0.717) is 17.4 Å². The second-order valence-electron chi connectivity index (χ2n) is 5.41. The fourth-order valence-corrected chi connectivity index (χ4v) is 2.78. The Morgan fingerprint density at radius 2 is 2.32 bits per heavy atom. The highest BCUT2D eigenvalue weighted by atomic mass is 16.5. The van der Waals surface area contributed by atoms with Crippen molar-refractivity contribution in [3.8, 4) is 17.7 Å². The lowest BCUT2D eigenvalue weighted by Gasteiger charge is -2.01. The van der Waals surface area contributed by atoms with E-state index in [1.165, 1.54) is 6.42 Å². The molecule has 0 radical (unpaired) electrons. The first kappa shape index (κ1) is 12.0. The van der Waals surface area contributed by atoms with Crippen LogP contribution in [0.4, 0.5) is 0 Å². The van der Waals surface area contributed by atoms with Crippen LogP contribution in [0.15, 0.2) is 16.8 Å². The third-order valence-electron chi connectivity index (χ3n) is 3.85. The Kier molecular flexibility index (Phi) is 2.86. The zero-order chi connectivity index (χ0) is 13.4. The number of rotatable bonds is 2. The van der Waals surface area contributed by atoms with Gasteiger partial charge in [0.15, 0.2) is 5.82 Å². The van der Waals surface area contributed by atoms with E-state index in [1.807, 2.05) is 11.6 Å². The fourth-order valence-electron chi connectivity index (χ4n) is 2.78. The monoisotopic (exact) mass is 256 g/mol. The molecule has 0 N–H and O–H groups in total. The molecule has 1 aliphatic rings. The summed E-state index contributed by atoms with van der Waals surface area (Å²) in [6.45, 7) is 2.26. The van der Waals surface area contributed by atoms with Gasteiger partial charge in [-0.2, -0.15) is 10.2 Å². The van der Waals surface area contributed by atoms with Gasteiger partial charge in [-0.1, -0.05) is 12.1 Å². The molecular formula is C14H16N4O. The van der Waals surface area contributed by atoms with Crippen molar-refractivity contribution in [1.82, 2.24) is 14.7 Å². The van der Waals surface area contributed by atoms with Crippen molar-refractivity contribution in [2.45, 2.75) is 32.1 Å². The van der Waals surface area contributed by atoms with Gasteiger partial charge in [0.25, 0.3) is 5.89 Å². The van der Waals surface area contributed by atoms with Crippen molar-refractivity contribution in [2.24, 2.45) is 13.0 Å². The van der Waals surface area contributed by atoms with Crippen molar-refractivity contribution in [3.05, 3.63) is 23.7 Å². The number of hydrogen-bond acceptors (Lipinski definition) is 4. The molecule has 2 aromatic heterocycles. The van der Waals surface area contributed by atoms with Crippen LogP contribution in [-0.2, 0) is 7.05 Å². The van der Waals surface area contributed by atoms with E-state index in [-0.39, 0.29) is 0 Å². The minimum atomic E-state index is 0.420. The van der Waals surface area contributed by atoms with Crippen molar-refractivity contribution < 1.29 is 4.52 Å². The van der Waals surface area contributed by atoms with E-state index < -0.39 is 0 Å². The van der Waals surface area contributed by atoms with E-state index in [2.05, 4.69) is 23.1 Å². The van der Waals surface area contributed by atoms with Crippen molar-refractivity contribution in [3.63, 3.8) is 0 Å². The Bertz CT molecular complexity index is 634. The van der Waals surface area contributed by atoms with Crippen molar-refractivity contribution in [2.75, 3.05) is 0 Å². The summed E-state index contributed by atoms with van der Waals surface area (Å²) in [6, 6.07) is 3.89. The quantitative estimate of drug-likeness (QED) is 0.828. The normalized spacial score (nSPS) is 22.6. The minimum Gasteiger partial charge on any atom is -0.345 e. The Morgan fingerprint density at radius 3 is 2.95 bits per heavy atom. The summed E-state index contributed by atoms with van der Waals surface area (Å²) in [6.07, 6.45) is 5.26. The molecule has 1 fully saturated rings. The smallest absolute Gasteiger partial charge is 0.274 e. The lowest BCUT2D eigenvalue weighted by atomic mass is 10.1. The average molecular weight is 256 g/mol. The first-order valence-electron chi connectivity index (χ1n) is 6.58. The molecule has 1 aliphatic carbocycles. The number of nitrogens with zero attached hydrogens (tertiary/aromatic N) is 4. The molecule has 0 aromatic carbocycles. The molecule has 3 rings (SSSR count). The molecule has 2 aromatic rings. The van der Waals surface area contributed by atoms with Gasteiger partial charge in [-0.25, -0.2) is 0 Å². The van der Waals surface area contributed by atoms with E-state index in [1.54, 1.807) is 12.3 Å². The van der Waals surface area contributed by atoms with E-state index in [9.17, 15) is 0 Å². The molecule has 98 valence electrons. The van der Waals surface area contributed by atoms with Crippen LogP contribution in [-0.4, -0.2) is 14.7 Å². The Hall–Kier alpha value is -2.09. The molecule has 0 aliphatic heterocycles. The van der Waals surface area contributed by atoms with E-state index in [0.717, 1.165) is 30.3 Å². The number of aryl methyl sites for hydroxylation is 1. The standard InChI is InChI=1S/C14H16N4O/c1-9-3-4-11(5-9)13-16-14(19-17-13)12-6-10(7-15)8-18(12)2/h6,8-9,11H,3-5H2,1-2H3. The van der Waals surface area contributed by atoms with Crippen LogP contribution in [0.25, 0.3) is 11.6 Å². The van der Waals surface area contributed by atoms with Crippen LogP contribution >= 0.6 is 0 Å². The summed E-state index contributed by atoms with van der Waals surface area (Å²) in [5.74, 6) is 2.47. The zero-order valence-electron chi connectivity index (χ0n) is 11.1. The van der Waals surface area contributed by atoms with Crippen LogP contribution in [0.5, 0.6) is 0 Å². The molecule has 5 nitrogen and oxygen atoms in total. The molecule has 0 spiro atoms. The van der Waals surface area contributed by atoms with Gasteiger partial charge in [-0.05, 0) is 31.2 Å². The average Bonchev–Trinajstić information content (AvgIpc) is 3.07. The van der Waals surface area contributed by atoms with Crippen LogP contribution in [0.1, 0.15) is 43.5 Å². The molecular weight excluding hydrogens is 240 g/mol. The third-order valence-corrected chi connectivity index (χ3v) is 3.85. The maximum Gasteiger partial charge on any atom is 0.274 e. The Labute approximate surface area is 111 Å². The fraction of sp³-hybridized carbons (Fsp3) is 0.500. The molecule has 2 unspecified atom stereocenters. The summed E-state index contributed by atoms with van der Waals surface area (Å²) in [5.41, 5.74) is 1.40. The summed E-state index contributed by atoms with van der Waals surface area (Å²) in [7, 11) is 1.87. The molecule has 1 saturated carbocycles. The number of hydrogen-bond donors (Lipinski definition) is 0. The molecule has 0 bridgehead atoms. The van der Waals surface area contributed by atoms with Gasteiger partial charge in [-0.3, -0.25) is 0 Å². The predicted octanol–water partition coefficient (Wildman–Crippen LogP) is 2.85. The van der Waals surface area contributed by atoms with E-state index >= 15 is 0 Å². The molecule has 0 amide bonds. The van der Waals surface area contributed by atoms with Crippen LogP contribution in [0.2, 0.25) is 0 Å². The largest absolute Gasteiger partial charge is 0.345 e. The van der Waals surface area contributed by atoms with Gasteiger partial charge in [0.1, 0.15) is 11.8 Å². The van der Waals surface area contributed by atoms with Crippen LogP contribution in [0, 0.1) is 17.2 Å². The number of nitriles is 1. The highest BCUT2D eigenvalue weighted by Crippen LogP contribution is 2.37. The molecule has 5 heteroatoms. The van der Waals surface area contributed by atoms with Gasteiger partial charge in [0.05, 0.1) is 5.56 Å². The zero-order valence-corrected chi connectivity index (χ0v) is 11.1. The lowest BCUT2D eigenvalue weighted by molar-refractivity contribution is 0.412. The van der Waals surface area contributed by atoms with Gasteiger partial charge < -0.3 is 9.09 Å². The second kappa shape index (κ2) is 4.54.